The van der Waals surface area contributed by atoms with Crippen molar-refractivity contribution in [1.82, 2.24) is 4.90 Å². The van der Waals surface area contributed by atoms with Crippen molar-refractivity contribution in [3.8, 4) is 0 Å². The van der Waals surface area contributed by atoms with Crippen molar-refractivity contribution in [3.05, 3.63) is 33.9 Å². The van der Waals surface area contributed by atoms with Crippen LogP contribution in [0.1, 0.15) is 19.4 Å². The third-order valence-corrected chi connectivity index (χ3v) is 3.68. The third kappa shape index (κ3) is 3.26. The SMILES string of the molecule is CNc1ccc([N+](=O)[O-])cc1CN1CC(C)OCC1C. The van der Waals surface area contributed by atoms with Crippen LogP contribution in [0.2, 0.25) is 0 Å². The number of nitro benzene ring substituents is 1. The molecule has 0 radical (unpaired) electrons. The quantitative estimate of drug-likeness (QED) is 0.676. The number of ether oxygens (including phenoxy) is 1. The minimum Gasteiger partial charge on any atom is -0.388 e. The Morgan fingerprint density at radius 3 is 2.90 bits per heavy atom. The van der Waals surface area contributed by atoms with Gasteiger partial charge in [-0.15, -0.1) is 0 Å². The van der Waals surface area contributed by atoms with Crippen LogP contribution < -0.4 is 5.32 Å². The molecule has 6 heteroatoms. The van der Waals surface area contributed by atoms with E-state index in [1.165, 1.54) is 6.07 Å². The van der Waals surface area contributed by atoms with Gasteiger partial charge in [0.05, 0.1) is 17.6 Å². The Labute approximate surface area is 118 Å². The molecule has 1 fully saturated rings. The molecule has 0 bridgehead atoms. The van der Waals surface area contributed by atoms with E-state index >= 15 is 0 Å². The van der Waals surface area contributed by atoms with Crippen molar-refractivity contribution in [2.75, 3.05) is 25.5 Å². The molecule has 6 nitrogen and oxygen atoms in total. The highest BCUT2D eigenvalue weighted by Gasteiger charge is 2.24. The number of nitro groups is 1. The lowest BCUT2D eigenvalue weighted by molar-refractivity contribution is -0.384. The molecule has 1 aromatic rings. The number of hydrogen-bond donors (Lipinski definition) is 1. The van der Waals surface area contributed by atoms with E-state index in [0.717, 1.165) is 17.8 Å². The lowest BCUT2D eigenvalue weighted by Gasteiger charge is -2.37. The van der Waals surface area contributed by atoms with E-state index in [1.807, 2.05) is 14.0 Å². The first-order valence-electron chi connectivity index (χ1n) is 6.82. The van der Waals surface area contributed by atoms with Crippen LogP contribution in [-0.4, -0.2) is 42.2 Å². The molecule has 110 valence electrons. The zero-order valence-electron chi connectivity index (χ0n) is 12.1. The molecule has 1 aliphatic heterocycles. The first-order valence-corrected chi connectivity index (χ1v) is 6.82. The molecule has 2 rings (SSSR count). The average molecular weight is 279 g/mol. The molecule has 0 spiro atoms. The van der Waals surface area contributed by atoms with E-state index in [9.17, 15) is 10.1 Å². The van der Waals surface area contributed by atoms with Gasteiger partial charge in [0.25, 0.3) is 5.69 Å². The van der Waals surface area contributed by atoms with Crippen LogP contribution in [0, 0.1) is 10.1 Å². The Morgan fingerprint density at radius 2 is 2.25 bits per heavy atom. The van der Waals surface area contributed by atoms with Gasteiger partial charge in [-0.3, -0.25) is 15.0 Å². The number of morpholine rings is 1. The summed E-state index contributed by atoms with van der Waals surface area (Å²) in [5, 5.41) is 14.0. The van der Waals surface area contributed by atoms with E-state index < -0.39 is 0 Å². The van der Waals surface area contributed by atoms with E-state index in [4.69, 9.17) is 4.74 Å². The molecule has 1 N–H and O–H groups in total. The number of benzene rings is 1. The molecule has 0 amide bonds. The maximum absolute atomic E-state index is 10.9. The zero-order chi connectivity index (χ0) is 14.7. The summed E-state index contributed by atoms with van der Waals surface area (Å²) in [5.74, 6) is 0. The van der Waals surface area contributed by atoms with Gasteiger partial charge in [0.15, 0.2) is 0 Å². The molecular weight excluding hydrogens is 258 g/mol. The fraction of sp³-hybridized carbons (Fsp3) is 0.571. The van der Waals surface area contributed by atoms with Crippen LogP contribution in [0.25, 0.3) is 0 Å². The first kappa shape index (κ1) is 14.7. The summed E-state index contributed by atoms with van der Waals surface area (Å²) < 4.78 is 5.61. The minimum absolute atomic E-state index is 0.132. The summed E-state index contributed by atoms with van der Waals surface area (Å²) in [4.78, 5) is 12.9. The molecule has 0 aromatic heterocycles. The fourth-order valence-corrected chi connectivity index (χ4v) is 2.48. The van der Waals surface area contributed by atoms with Crippen molar-refractivity contribution in [2.45, 2.75) is 32.5 Å². The van der Waals surface area contributed by atoms with Gasteiger partial charge in [-0.2, -0.15) is 0 Å². The lowest BCUT2D eigenvalue weighted by atomic mass is 10.1. The van der Waals surface area contributed by atoms with Gasteiger partial charge in [0, 0.05) is 44.0 Å². The van der Waals surface area contributed by atoms with Crippen molar-refractivity contribution < 1.29 is 9.66 Å². The Kier molecular flexibility index (Phi) is 4.57. The number of hydrogen-bond acceptors (Lipinski definition) is 5. The second kappa shape index (κ2) is 6.19. The highest BCUT2D eigenvalue weighted by Crippen LogP contribution is 2.25. The van der Waals surface area contributed by atoms with Gasteiger partial charge >= 0.3 is 0 Å². The Bertz CT molecular complexity index is 493. The van der Waals surface area contributed by atoms with E-state index in [0.29, 0.717) is 19.2 Å². The highest BCUT2D eigenvalue weighted by molar-refractivity contribution is 5.55. The second-order valence-corrected chi connectivity index (χ2v) is 5.27. The number of anilines is 1. The molecule has 2 unspecified atom stereocenters. The fourth-order valence-electron chi connectivity index (χ4n) is 2.48. The van der Waals surface area contributed by atoms with E-state index in [1.54, 1.807) is 12.1 Å². The van der Waals surface area contributed by atoms with Crippen LogP contribution in [-0.2, 0) is 11.3 Å². The molecule has 20 heavy (non-hydrogen) atoms. The molecule has 1 saturated heterocycles. The Morgan fingerprint density at radius 1 is 1.50 bits per heavy atom. The largest absolute Gasteiger partial charge is 0.388 e. The van der Waals surface area contributed by atoms with Gasteiger partial charge in [-0.05, 0) is 25.5 Å². The molecular formula is C14H21N3O3. The van der Waals surface area contributed by atoms with Crippen LogP contribution in [0.5, 0.6) is 0 Å². The first-order chi connectivity index (χ1) is 9.51. The summed E-state index contributed by atoms with van der Waals surface area (Å²) in [6, 6.07) is 5.26. The predicted octanol–water partition coefficient (Wildman–Crippen LogP) is 2.25. The molecule has 1 heterocycles. The van der Waals surface area contributed by atoms with Gasteiger partial charge < -0.3 is 10.1 Å². The summed E-state index contributed by atoms with van der Waals surface area (Å²) in [6.07, 6.45) is 0.197. The second-order valence-electron chi connectivity index (χ2n) is 5.27. The van der Waals surface area contributed by atoms with Gasteiger partial charge in [-0.1, -0.05) is 0 Å². The maximum atomic E-state index is 10.9. The molecule has 1 aromatic carbocycles. The van der Waals surface area contributed by atoms with Gasteiger partial charge in [0.1, 0.15) is 0 Å². The van der Waals surface area contributed by atoms with E-state index in [-0.39, 0.29) is 16.7 Å². The summed E-state index contributed by atoms with van der Waals surface area (Å²) in [5.41, 5.74) is 2.01. The van der Waals surface area contributed by atoms with Crippen molar-refractivity contribution in [3.63, 3.8) is 0 Å². The molecule has 0 saturated carbocycles. The van der Waals surface area contributed by atoms with Gasteiger partial charge in [-0.25, -0.2) is 0 Å². The Hall–Kier alpha value is -1.66. The van der Waals surface area contributed by atoms with Crippen LogP contribution >= 0.6 is 0 Å². The summed E-state index contributed by atoms with van der Waals surface area (Å²) in [7, 11) is 1.83. The number of rotatable bonds is 4. The Balaban J connectivity index is 2.22. The van der Waals surface area contributed by atoms with Crippen molar-refractivity contribution >= 4 is 11.4 Å². The third-order valence-electron chi connectivity index (χ3n) is 3.68. The molecule has 0 aliphatic carbocycles. The summed E-state index contributed by atoms with van der Waals surface area (Å²) in [6.45, 7) is 6.39. The van der Waals surface area contributed by atoms with Crippen LogP contribution in [0.15, 0.2) is 18.2 Å². The lowest BCUT2D eigenvalue weighted by Crippen LogP contribution is -2.46. The minimum atomic E-state index is -0.353. The van der Waals surface area contributed by atoms with Crippen molar-refractivity contribution in [2.24, 2.45) is 0 Å². The topological polar surface area (TPSA) is 67.6 Å². The predicted molar refractivity (Wildman–Crippen MR) is 77.9 cm³/mol. The maximum Gasteiger partial charge on any atom is 0.269 e. The normalized spacial score (nSPS) is 23.6. The molecule has 2 atom stereocenters. The van der Waals surface area contributed by atoms with Crippen molar-refractivity contribution in [1.29, 1.82) is 0 Å². The monoisotopic (exact) mass is 279 g/mol. The van der Waals surface area contributed by atoms with Crippen LogP contribution in [0.3, 0.4) is 0 Å². The smallest absolute Gasteiger partial charge is 0.269 e. The average Bonchev–Trinajstić information content (AvgIpc) is 2.42. The zero-order valence-corrected chi connectivity index (χ0v) is 12.1. The highest BCUT2D eigenvalue weighted by atomic mass is 16.6. The number of non-ortho nitro benzene ring substituents is 1. The van der Waals surface area contributed by atoms with Crippen LogP contribution in [0.4, 0.5) is 11.4 Å². The number of nitrogens with zero attached hydrogens (tertiary/aromatic N) is 2. The van der Waals surface area contributed by atoms with Gasteiger partial charge in [0.2, 0.25) is 0 Å². The standard InChI is InChI=1S/C14H21N3O3/c1-10-9-20-11(2)7-16(10)8-12-6-13(17(18)19)4-5-14(12)15-3/h4-6,10-11,15H,7-9H2,1-3H3. The number of nitrogens with one attached hydrogen (secondary N) is 1. The molecule has 1 aliphatic rings. The summed E-state index contributed by atoms with van der Waals surface area (Å²) >= 11 is 0. The van der Waals surface area contributed by atoms with E-state index in [2.05, 4.69) is 17.1 Å².